The predicted octanol–water partition coefficient (Wildman–Crippen LogP) is 6.49. The van der Waals surface area contributed by atoms with Gasteiger partial charge in [-0.05, 0) is 67.7 Å². The number of nitrogens with two attached hydrogens (primary N) is 1. The van der Waals surface area contributed by atoms with Crippen molar-refractivity contribution >= 4 is 11.9 Å². The van der Waals surface area contributed by atoms with Gasteiger partial charge < -0.3 is 16.0 Å². The number of H-pyrrole nitrogens is 1. The van der Waals surface area contributed by atoms with E-state index in [1.165, 1.54) is 30.4 Å². The first-order chi connectivity index (χ1) is 19.9. The first-order valence-corrected chi connectivity index (χ1v) is 15.1. The number of aromatic amines is 1. The number of rotatable bonds is 16. The summed E-state index contributed by atoms with van der Waals surface area (Å²) in [5.41, 5.74) is 13.4. The number of nitrogen functional groups attached to an aromatic ring is 1. The van der Waals surface area contributed by atoms with Crippen LogP contribution in [-0.4, -0.2) is 37.4 Å². The zero-order valence-electron chi connectivity index (χ0n) is 24.8. The van der Waals surface area contributed by atoms with Gasteiger partial charge in [0.2, 0.25) is 0 Å². The first-order valence-electron chi connectivity index (χ1n) is 15.1. The SMILES string of the molecule is CCCCCc1ccc(C(=O)NCCn2cc(CCCCCc3[nH]c(N)nc3-c3ccc(C(C)C)cc3)nn2)cc1. The average Bonchev–Trinajstić information content (AvgIpc) is 3.59. The van der Waals surface area contributed by atoms with E-state index in [-0.39, 0.29) is 5.91 Å². The van der Waals surface area contributed by atoms with Crippen LogP contribution in [0.4, 0.5) is 5.95 Å². The Morgan fingerprint density at radius 1 is 0.951 bits per heavy atom. The summed E-state index contributed by atoms with van der Waals surface area (Å²) in [5.74, 6) is 0.912. The maximum Gasteiger partial charge on any atom is 0.251 e. The molecule has 1 amide bonds. The van der Waals surface area contributed by atoms with Gasteiger partial charge in [-0.15, -0.1) is 5.10 Å². The molecule has 2 aromatic carbocycles. The molecule has 4 rings (SSSR count). The molecule has 0 aliphatic heterocycles. The van der Waals surface area contributed by atoms with Crippen LogP contribution in [0.1, 0.15) is 98.1 Å². The molecule has 0 radical (unpaired) electrons. The molecule has 0 bridgehead atoms. The summed E-state index contributed by atoms with van der Waals surface area (Å²) in [6.07, 6.45) is 11.6. The number of aryl methyl sites for hydroxylation is 3. The Morgan fingerprint density at radius 2 is 1.68 bits per heavy atom. The number of carbonyl (C=O) groups is 1. The molecule has 0 atom stereocenters. The van der Waals surface area contributed by atoms with Crippen LogP contribution in [0.25, 0.3) is 11.3 Å². The van der Waals surface area contributed by atoms with E-state index in [0.717, 1.165) is 61.2 Å². The Bertz CT molecular complexity index is 1350. The monoisotopic (exact) mass is 555 g/mol. The second-order valence-corrected chi connectivity index (χ2v) is 11.2. The number of hydrogen-bond acceptors (Lipinski definition) is 5. The molecule has 2 heterocycles. The van der Waals surface area contributed by atoms with Gasteiger partial charge >= 0.3 is 0 Å². The maximum atomic E-state index is 12.5. The number of benzene rings is 2. The Morgan fingerprint density at radius 3 is 2.41 bits per heavy atom. The second-order valence-electron chi connectivity index (χ2n) is 11.2. The van der Waals surface area contributed by atoms with Gasteiger partial charge in [0.25, 0.3) is 5.91 Å². The largest absolute Gasteiger partial charge is 0.369 e. The highest BCUT2D eigenvalue weighted by Gasteiger charge is 2.12. The molecule has 41 heavy (non-hydrogen) atoms. The van der Waals surface area contributed by atoms with Gasteiger partial charge in [-0.2, -0.15) is 0 Å². The van der Waals surface area contributed by atoms with Gasteiger partial charge in [0.1, 0.15) is 0 Å². The lowest BCUT2D eigenvalue weighted by Gasteiger charge is -2.07. The van der Waals surface area contributed by atoms with Gasteiger partial charge in [0, 0.05) is 29.6 Å². The van der Waals surface area contributed by atoms with Crippen LogP contribution in [-0.2, 0) is 25.8 Å². The maximum absolute atomic E-state index is 12.5. The number of unbranched alkanes of at least 4 members (excludes halogenated alkanes) is 4. The molecule has 8 heteroatoms. The van der Waals surface area contributed by atoms with E-state index in [1.807, 2.05) is 18.3 Å². The summed E-state index contributed by atoms with van der Waals surface area (Å²) < 4.78 is 1.80. The number of imidazole rings is 1. The molecule has 0 aliphatic rings. The second kappa shape index (κ2) is 15.2. The molecular formula is C33H45N7O. The third-order valence-corrected chi connectivity index (χ3v) is 7.51. The van der Waals surface area contributed by atoms with Gasteiger partial charge in [0.05, 0.1) is 17.9 Å². The van der Waals surface area contributed by atoms with Crippen molar-refractivity contribution in [2.75, 3.05) is 12.3 Å². The number of nitrogens with zero attached hydrogens (tertiary/aromatic N) is 4. The highest BCUT2D eigenvalue weighted by atomic mass is 16.1. The fourth-order valence-corrected chi connectivity index (χ4v) is 5.01. The summed E-state index contributed by atoms with van der Waals surface area (Å²) in [6.45, 7) is 7.71. The van der Waals surface area contributed by atoms with Crippen LogP contribution in [0.15, 0.2) is 54.7 Å². The molecule has 2 aromatic heterocycles. The van der Waals surface area contributed by atoms with Crippen LogP contribution >= 0.6 is 0 Å². The van der Waals surface area contributed by atoms with E-state index < -0.39 is 0 Å². The molecule has 0 fully saturated rings. The van der Waals surface area contributed by atoms with E-state index in [2.05, 4.69) is 82.8 Å². The lowest BCUT2D eigenvalue weighted by Crippen LogP contribution is -2.27. The molecule has 0 unspecified atom stereocenters. The Kier molecular flexibility index (Phi) is 11.1. The summed E-state index contributed by atoms with van der Waals surface area (Å²) in [6, 6.07) is 16.6. The quantitative estimate of drug-likeness (QED) is 0.137. The first kappa shape index (κ1) is 30.0. The van der Waals surface area contributed by atoms with Crippen molar-refractivity contribution in [2.45, 2.75) is 91.0 Å². The van der Waals surface area contributed by atoms with E-state index in [1.54, 1.807) is 4.68 Å². The van der Waals surface area contributed by atoms with Crippen molar-refractivity contribution in [1.29, 1.82) is 0 Å². The van der Waals surface area contributed by atoms with Gasteiger partial charge in [-0.3, -0.25) is 9.48 Å². The number of nitrogens with one attached hydrogen (secondary N) is 2. The molecule has 0 saturated heterocycles. The van der Waals surface area contributed by atoms with Crippen molar-refractivity contribution in [3.63, 3.8) is 0 Å². The fourth-order valence-electron chi connectivity index (χ4n) is 5.01. The lowest BCUT2D eigenvalue weighted by atomic mass is 9.99. The van der Waals surface area contributed by atoms with Crippen molar-refractivity contribution < 1.29 is 4.79 Å². The van der Waals surface area contributed by atoms with E-state index in [4.69, 9.17) is 5.73 Å². The van der Waals surface area contributed by atoms with E-state index in [0.29, 0.717) is 30.5 Å². The van der Waals surface area contributed by atoms with Crippen molar-refractivity contribution in [1.82, 2.24) is 30.3 Å². The summed E-state index contributed by atoms with van der Waals surface area (Å²) in [4.78, 5) is 20.3. The zero-order chi connectivity index (χ0) is 29.0. The standard InChI is InChI=1S/C33H45N7O/c1-4-5-7-10-25-13-15-28(16-14-25)32(41)35-21-22-40-23-29(38-39-40)11-8-6-9-12-30-31(37-33(34)36-30)27-19-17-26(18-20-27)24(2)3/h13-20,23-24H,4-12,21-22H2,1-3H3,(H,35,41)(H3,34,36,37). The number of aromatic nitrogens is 5. The smallest absolute Gasteiger partial charge is 0.251 e. The summed E-state index contributed by atoms with van der Waals surface area (Å²) in [7, 11) is 0. The molecule has 0 aliphatic carbocycles. The molecule has 4 N–H and O–H groups in total. The topological polar surface area (TPSA) is 115 Å². The molecule has 4 aromatic rings. The highest BCUT2D eigenvalue weighted by Crippen LogP contribution is 2.26. The van der Waals surface area contributed by atoms with Crippen LogP contribution in [0.3, 0.4) is 0 Å². The zero-order valence-corrected chi connectivity index (χ0v) is 24.8. The van der Waals surface area contributed by atoms with Crippen LogP contribution in [0, 0.1) is 0 Å². The Balaban J connectivity index is 1.15. The molecule has 8 nitrogen and oxygen atoms in total. The van der Waals surface area contributed by atoms with Crippen molar-refractivity contribution in [2.24, 2.45) is 0 Å². The third kappa shape index (κ3) is 9.03. The minimum absolute atomic E-state index is 0.0554. The average molecular weight is 556 g/mol. The van der Waals surface area contributed by atoms with Crippen LogP contribution in [0.2, 0.25) is 0 Å². The Hall–Kier alpha value is -3.94. The van der Waals surface area contributed by atoms with E-state index >= 15 is 0 Å². The van der Waals surface area contributed by atoms with E-state index in [9.17, 15) is 4.79 Å². The lowest BCUT2D eigenvalue weighted by molar-refractivity contribution is 0.0952. The molecule has 0 spiro atoms. The predicted molar refractivity (Wildman–Crippen MR) is 166 cm³/mol. The van der Waals surface area contributed by atoms with Crippen LogP contribution in [0.5, 0.6) is 0 Å². The number of anilines is 1. The van der Waals surface area contributed by atoms with Gasteiger partial charge in [-0.25, -0.2) is 4.98 Å². The normalized spacial score (nSPS) is 11.3. The fraction of sp³-hybridized carbons (Fsp3) is 0.455. The summed E-state index contributed by atoms with van der Waals surface area (Å²) in [5, 5.41) is 11.5. The number of hydrogen-bond donors (Lipinski definition) is 3. The minimum Gasteiger partial charge on any atom is -0.369 e. The number of amides is 1. The Labute approximate surface area is 244 Å². The summed E-state index contributed by atoms with van der Waals surface area (Å²) >= 11 is 0. The highest BCUT2D eigenvalue weighted by molar-refractivity contribution is 5.94. The number of carbonyl (C=O) groups excluding carboxylic acids is 1. The molecular weight excluding hydrogens is 510 g/mol. The van der Waals surface area contributed by atoms with Gasteiger partial charge in [0.15, 0.2) is 5.95 Å². The van der Waals surface area contributed by atoms with Crippen molar-refractivity contribution in [3.05, 3.63) is 82.8 Å². The molecule has 218 valence electrons. The van der Waals surface area contributed by atoms with Gasteiger partial charge in [-0.1, -0.05) is 81.6 Å². The van der Waals surface area contributed by atoms with Crippen molar-refractivity contribution in [3.8, 4) is 11.3 Å². The minimum atomic E-state index is -0.0554. The van der Waals surface area contributed by atoms with Crippen LogP contribution < -0.4 is 11.1 Å². The molecule has 0 saturated carbocycles. The third-order valence-electron chi connectivity index (χ3n) is 7.51.